The van der Waals surface area contributed by atoms with E-state index in [-0.39, 0.29) is 5.91 Å². The number of carbonyl (C=O) groups is 1. The van der Waals surface area contributed by atoms with Gasteiger partial charge in [-0.1, -0.05) is 6.42 Å². The monoisotopic (exact) mass is 433 g/mol. The summed E-state index contributed by atoms with van der Waals surface area (Å²) in [7, 11) is 0. The van der Waals surface area contributed by atoms with Crippen molar-refractivity contribution in [3.05, 3.63) is 26.2 Å². The fourth-order valence-corrected chi connectivity index (χ4v) is 4.36. The van der Waals surface area contributed by atoms with Crippen LogP contribution in [0, 0.1) is 21.3 Å². The Hall–Kier alpha value is -0.100. The molecule has 2 aliphatic carbocycles. The van der Waals surface area contributed by atoms with Crippen molar-refractivity contribution in [2.45, 2.75) is 32.1 Å². The summed E-state index contributed by atoms with van der Waals surface area (Å²) in [5.41, 5.74) is 0.889. The Labute approximate surface area is 136 Å². The number of halogens is 2. The second-order valence-corrected chi connectivity index (χ2v) is 7.83. The number of hydrogen-bond donors (Lipinski definition) is 1. The summed E-state index contributed by atoms with van der Waals surface area (Å²) in [4.78, 5) is 12.1. The van der Waals surface area contributed by atoms with Gasteiger partial charge in [-0.2, -0.15) is 0 Å². The Morgan fingerprint density at radius 1 is 1.37 bits per heavy atom. The number of benzene rings is 1. The minimum atomic E-state index is 0.172. The van der Waals surface area contributed by atoms with Crippen molar-refractivity contribution in [2.24, 2.45) is 17.8 Å². The first-order valence-electron chi connectivity index (χ1n) is 6.86. The Kier molecular flexibility index (Phi) is 4.17. The minimum Gasteiger partial charge on any atom is -0.326 e. The molecule has 4 heteroatoms. The molecule has 0 aliphatic heterocycles. The van der Waals surface area contributed by atoms with Crippen LogP contribution in [0.5, 0.6) is 0 Å². The van der Waals surface area contributed by atoms with Crippen molar-refractivity contribution in [2.75, 3.05) is 5.32 Å². The average Bonchev–Trinajstić information content (AvgIpc) is 2.96. The van der Waals surface area contributed by atoms with Crippen LogP contribution in [0.3, 0.4) is 0 Å². The van der Waals surface area contributed by atoms with E-state index in [1.165, 1.54) is 25.7 Å². The lowest BCUT2D eigenvalue weighted by Gasteiger charge is -2.20. The lowest BCUT2D eigenvalue weighted by molar-refractivity contribution is -0.117. The summed E-state index contributed by atoms with van der Waals surface area (Å²) in [6, 6.07) is 5.95. The molecule has 0 aromatic heterocycles. The second kappa shape index (κ2) is 5.72. The van der Waals surface area contributed by atoms with E-state index in [4.69, 9.17) is 0 Å². The van der Waals surface area contributed by atoms with E-state index in [0.29, 0.717) is 12.3 Å². The summed E-state index contributed by atoms with van der Waals surface area (Å²) in [6.07, 6.45) is 6.08. The smallest absolute Gasteiger partial charge is 0.224 e. The van der Waals surface area contributed by atoms with Crippen molar-refractivity contribution in [1.29, 1.82) is 0 Å². The molecule has 2 nitrogen and oxygen atoms in total. The molecule has 19 heavy (non-hydrogen) atoms. The fourth-order valence-electron chi connectivity index (χ4n) is 3.65. The summed E-state index contributed by atoms with van der Waals surface area (Å²) < 4.78 is 2.19. The van der Waals surface area contributed by atoms with Crippen LogP contribution in [0.2, 0.25) is 0 Å². The average molecular weight is 434 g/mol. The largest absolute Gasteiger partial charge is 0.326 e. The van der Waals surface area contributed by atoms with E-state index in [0.717, 1.165) is 25.6 Å². The first-order chi connectivity index (χ1) is 9.11. The Balaban J connectivity index is 1.57. The topological polar surface area (TPSA) is 29.1 Å². The van der Waals surface area contributed by atoms with Gasteiger partial charge in [0.15, 0.2) is 0 Å². The van der Waals surface area contributed by atoms with E-state index in [2.05, 4.69) is 43.8 Å². The molecule has 2 bridgehead atoms. The molecule has 2 aliphatic rings. The predicted molar refractivity (Wildman–Crippen MR) is 89.0 cm³/mol. The highest BCUT2D eigenvalue weighted by Gasteiger charge is 2.40. The number of anilines is 1. The zero-order chi connectivity index (χ0) is 13.4. The molecule has 0 spiro atoms. The maximum Gasteiger partial charge on any atom is 0.224 e. The molecule has 2 saturated carbocycles. The molecule has 3 unspecified atom stereocenters. The van der Waals surface area contributed by atoms with Crippen LogP contribution in [0.1, 0.15) is 32.1 Å². The van der Waals surface area contributed by atoms with Gasteiger partial charge in [-0.25, -0.2) is 0 Å². The molecule has 1 aromatic rings. The molecule has 1 aromatic carbocycles. The minimum absolute atomic E-state index is 0.172. The highest BCUT2D eigenvalue weighted by atomic mass is 127. The SMILES string of the molecule is O=C(CC1CC2CCC1C2)Nc1ccc(I)c(Br)c1. The van der Waals surface area contributed by atoms with Gasteiger partial charge in [-0.15, -0.1) is 0 Å². The van der Waals surface area contributed by atoms with Crippen LogP contribution in [0.4, 0.5) is 5.69 Å². The van der Waals surface area contributed by atoms with Gasteiger partial charge in [0.1, 0.15) is 0 Å². The Bertz CT molecular complexity index is 505. The fraction of sp³-hybridized carbons (Fsp3) is 0.533. The number of carbonyl (C=O) groups excluding carboxylic acids is 1. The van der Waals surface area contributed by atoms with Crippen molar-refractivity contribution in [1.82, 2.24) is 0 Å². The van der Waals surface area contributed by atoms with Crippen molar-refractivity contribution < 1.29 is 4.79 Å². The maximum atomic E-state index is 12.1. The zero-order valence-corrected chi connectivity index (χ0v) is 14.4. The predicted octanol–water partition coefficient (Wildman–Crippen LogP) is 4.82. The van der Waals surface area contributed by atoms with Crippen LogP contribution >= 0.6 is 38.5 Å². The summed E-state index contributed by atoms with van der Waals surface area (Å²) in [5.74, 6) is 2.53. The second-order valence-electron chi connectivity index (χ2n) is 5.82. The zero-order valence-electron chi connectivity index (χ0n) is 10.7. The molecular weight excluding hydrogens is 417 g/mol. The van der Waals surface area contributed by atoms with E-state index in [9.17, 15) is 4.79 Å². The molecule has 0 radical (unpaired) electrons. The van der Waals surface area contributed by atoms with Gasteiger partial charge in [0.25, 0.3) is 0 Å². The molecule has 1 N–H and O–H groups in total. The third-order valence-electron chi connectivity index (χ3n) is 4.54. The van der Waals surface area contributed by atoms with Crippen molar-refractivity contribution >= 4 is 50.1 Å². The molecule has 3 rings (SSSR count). The highest BCUT2D eigenvalue weighted by Crippen LogP contribution is 2.49. The standard InChI is InChI=1S/C15H17BrINO/c16-13-8-12(3-4-14(13)17)18-15(19)7-11-6-9-1-2-10(11)5-9/h3-4,8-11H,1-2,5-7H2,(H,18,19). The quantitative estimate of drug-likeness (QED) is 0.680. The third-order valence-corrected chi connectivity index (χ3v) is 6.87. The van der Waals surface area contributed by atoms with Crippen LogP contribution in [-0.2, 0) is 4.79 Å². The summed E-state index contributed by atoms with van der Waals surface area (Å²) >= 11 is 5.76. The van der Waals surface area contributed by atoms with Gasteiger partial charge in [0, 0.05) is 20.2 Å². The lowest BCUT2D eigenvalue weighted by atomic mass is 9.86. The van der Waals surface area contributed by atoms with Crippen molar-refractivity contribution in [3.8, 4) is 0 Å². The van der Waals surface area contributed by atoms with E-state index < -0.39 is 0 Å². The normalized spacial score (nSPS) is 28.6. The van der Waals surface area contributed by atoms with E-state index >= 15 is 0 Å². The van der Waals surface area contributed by atoms with Gasteiger partial charge in [0.2, 0.25) is 5.91 Å². The maximum absolute atomic E-state index is 12.1. The van der Waals surface area contributed by atoms with Gasteiger partial charge in [-0.3, -0.25) is 4.79 Å². The first kappa shape index (κ1) is 13.9. The van der Waals surface area contributed by atoms with Crippen LogP contribution < -0.4 is 5.32 Å². The van der Waals surface area contributed by atoms with Crippen LogP contribution in [-0.4, -0.2) is 5.91 Å². The molecule has 1 amide bonds. The molecule has 102 valence electrons. The van der Waals surface area contributed by atoms with Crippen LogP contribution in [0.25, 0.3) is 0 Å². The van der Waals surface area contributed by atoms with Crippen molar-refractivity contribution in [3.63, 3.8) is 0 Å². The summed E-state index contributed by atoms with van der Waals surface area (Å²) in [6.45, 7) is 0. The molecular formula is C15H17BrINO. The lowest BCUT2D eigenvalue weighted by Crippen LogP contribution is -2.20. The van der Waals surface area contributed by atoms with Gasteiger partial charge in [0.05, 0.1) is 0 Å². The van der Waals surface area contributed by atoms with Gasteiger partial charge >= 0.3 is 0 Å². The number of hydrogen-bond acceptors (Lipinski definition) is 1. The highest BCUT2D eigenvalue weighted by molar-refractivity contribution is 14.1. The Morgan fingerprint density at radius 3 is 2.84 bits per heavy atom. The molecule has 0 saturated heterocycles. The summed E-state index contributed by atoms with van der Waals surface area (Å²) in [5, 5.41) is 3.02. The van der Waals surface area contributed by atoms with Gasteiger partial charge < -0.3 is 5.32 Å². The number of amides is 1. The van der Waals surface area contributed by atoms with E-state index in [1.807, 2.05) is 18.2 Å². The van der Waals surface area contributed by atoms with Gasteiger partial charge in [-0.05, 0) is 93.7 Å². The number of fused-ring (bicyclic) bond motifs is 2. The Morgan fingerprint density at radius 2 is 2.21 bits per heavy atom. The number of nitrogens with one attached hydrogen (secondary N) is 1. The van der Waals surface area contributed by atoms with E-state index in [1.54, 1.807) is 0 Å². The first-order valence-corrected chi connectivity index (χ1v) is 8.74. The number of rotatable bonds is 3. The molecule has 2 fully saturated rings. The molecule has 3 atom stereocenters. The molecule has 0 heterocycles. The van der Waals surface area contributed by atoms with Crippen LogP contribution in [0.15, 0.2) is 22.7 Å². The third kappa shape index (κ3) is 3.15.